The highest BCUT2D eigenvalue weighted by atomic mass is 32.2. The van der Waals surface area contributed by atoms with Crippen LogP contribution in [-0.4, -0.2) is 19.4 Å². The van der Waals surface area contributed by atoms with Gasteiger partial charge in [-0.2, -0.15) is 0 Å². The Morgan fingerprint density at radius 3 is 2.90 bits per heavy atom. The Kier molecular flexibility index (Phi) is 4.71. The molecule has 0 aromatic carbocycles. The van der Waals surface area contributed by atoms with Gasteiger partial charge in [-0.15, -0.1) is 11.3 Å². The van der Waals surface area contributed by atoms with Gasteiger partial charge >= 0.3 is 0 Å². The van der Waals surface area contributed by atoms with Gasteiger partial charge in [0, 0.05) is 23.2 Å². The third-order valence-electron chi connectivity index (χ3n) is 2.63. The van der Waals surface area contributed by atoms with E-state index in [0.29, 0.717) is 12.2 Å². The van der Waals surface area contributed by atoms with Crippen molar-refractivity contribution in [2.75, 3.05) is 5.43 Å². The lowest BCUT2D eigenvalue weighted by atomic mass is 10.2. The highest BCUT2D eigenvalue weighted by Gasteiger charge is 2.18. The number of hydrogen-bond donors (Lipinski definition) is 3. The molecule has 0 radical (unpaired) electrons. The molecule has 0 bridgehead atoms. The lowest BCUT2D eigenvalue weighted by molar-refractivity contribution is 0.560. The first-order valence-electron chi connectivity index (χ1n) is 5.98. The molecule has 0 aliphatic heterocycles. The summed E-state index contributed by atoms with van der Waals surface area (Å²) in [5, 5.41) is 1.97. The average molecular weight is 312 g/mol. The number of rotatable bonds is 6. The molecule has 2 aromatic rings. The van der Waals surface area contributed by atoms with Gasteiger partial charge in [-0.25, -0.2) is 24.0 Å². The van der Waals surface area contributed by atoms with Crippen LogP contribution in [0.5, 0.6) is 0 Å². The molecule has 20 heavy (non-hydrogen) atoms. The van der Waals surface area contributed by atoms with Gasteiger partial charge < -0.3 is 5.43 Å². The van der Waals surface area contributed by atoms with Gasteiger partial charge in [0.15, 0.2) is 0 Å². The number of nitrogens with two attached hydrogens (primary N) is 1. The molecular formula is C12H16N4O2S2. The van der Waals surface area contributed by atoms with Crippen molar-refractivity contribution in [2.24, 2.45) is 5.84 Å². The monoisotopic (exact) mass is 312 g/mol. The molecular weight excluding hydrogens is 296 g/mol. The number of nitrogen functional groups attached to an aromatic ring is 1. The first-order valence-corrected chi connectivity index (χ1v) is 8.35. The minimum atomic E-state index is -3.58. The molecule has 2 rings (SSSR count). The maximum Gasteiger partial charge on any atom is 0.241 e. The smallest absolute Gasteiger partial charge is 0.241 e. The van der Waals surface area contributed by atoms with E-state index in [-0.39, 0.29) is 10.9 Å². The highest BCUT2D eigenvalue weighted by Crippen LogP contribution is 2.15. The zero-order chi connectivity index (χ0) is 14.6. The minimum Gasteiger partial charge on any atom is -0.308 e. The number of nitrogens with one attached hydrogen (secondary N) is 2. The van der Waals surface area contributed by atoms with E-state index in [1.54, 1.807) is 11.3 Å². The number of hydrazine groups is 1. The Balaban J connectivity index is 2.10. The molecule has 0 saturated heterocycles. The van der Waals surface area contributed by atoms with Gasteiger partial charge in [-0.3, -0.25) is 0 Å². The number of hydrogen-bond acceptors (Lipinski definition) is 6. The highest BCUT2D eigenvalue weighted by molar-refractivity contribution is 7.89. The summed E-state index contributed by atoms with van der Waals surface area (Å²) in [6.45, 7) is 1.83. The van der Waals surface area contributed by atoms with Crippen LogP contribution in [0.2, 0.25) is 0 Å². The number of pyridine rings is 1. The number of sulfonamides is 1. The summed E-state index contributed by atoms with van der Waals surface area (Å²) in [6.07, 6.45) is 2.05. The number of aromatic nitrogens is 1. The molecule has 0 spiro atoms. The van der Waals surface area contributed by atoms with Crippen LogP contribution >= 0.6 is 11.3 Å². The summed E-state index contributed by atoms with van der Waals surface area (Å²) in [6, 6.07) is 6.56. The van der Waals surface area contributed by atoms with E-state index in [2.05, 4.69) is 15.1 Å². The van der Waals surface area contributed by atoms with Crippen molar-refractivity contribution in [2.45, 2.75) is 24.3 Å². The van der Waals surface area contributed by atoms with Crippen molar-refractivity contribution in [3.63, 3.8) is 0 Å². The van der Waals surface area contributed by atoms with Crippen LogP contribution in [-0.2, 0) is 16.4 Å². The molecule has 4 N–H and O–H groups in total. The summed E-state index contributed by atoms with van der Waals surface area (Å²) >= 11 is 1.61. The molecule has 8 heteroatoms. The van der Waals surface area contributed by atoms with E-state index in [1.165, 1.54) is 18.3 Å². The first kappa shape index (κ1) is 14.9. The zero-order valence-electron chi connectivity index (χ0n) is 10.9. The quantitative estimate of drug-likeness (QED) is 0.552. The van der Waals surface area contributed by atoms with Gasteiger partial charge in [0.2, 0.25) is 10.0 Å². The second-order valence-electron chi connectivity index (χ2n) is 4.33. The molecule has 6 nitrogen and oxygen atoms in total. The van der Waals surface area contributed by atoms with Crippen molar-refractivity contribution in [1.29, 1.82) is 0 Å². The minimum absolute atomic E-state index is 0.137. The summed E-state index contributed by atoms with van der Waals surface area (Å²) in [5.74, 6) is 5.53. The Bertz CT molecular complexity index is 656. The largest absolute Gasteiger partial charge is 0.308 e. The van der Waals surface area contributed by atoms with Crippen molar-refractivity contribution in [3.05, 3.63) is 40.7 Å². The van der Waals surface area contributed by atoms with Gasteiger partial charge in [0.05, 0.1) is 4.90 Å². The lowest BCUT2D eigenvalue weighted by Crippen LogP contribution is -2.34. The average Bonchev–Trinajstić information content (AvgIpc) is 2.91. The molecule has 0 aliphatic carbocycles. The molecule has 1 unspecified atom stereocenters. The van der Waals surface area contributed by atoms with Gasteiger partial charge in [-0.05, 0) is 30.9 Å². The second kappa shape index (κ2) is 6.31. The Labute approximate surface area is 122 Å². The Morgan fingerprint density at radius 2 is 2.25 bits per heavy atom. The molecule has 0 aliphatic rings. The van der Waals surface area contributed by atoms with E-state index < -0.39 is 10.0 Å². The molecule has 0 fully saturated rings. The topological polar surface area (TPSA) is 97.1 Å². The van der Waals surface area contributed by atoms with Crippen LogP contribution in [0, 0.1) is 0 Å². The van der Waals surface area contributed by atoms with E-state index in [4.69, 9.17) is 5.84 Å². The summed E-state index contributed by atoms with van der Waals surface area (Å²) < 4.78 is 27.1. The van der Waals surface area contributed by atoms with E-state index in [9.17, 15) is 8.42 Å². The van der Waals surface area contributed by atoms with Gasteiger partial charge in [0.1, 0.15) is 5.82 Å². The van der Waals surface area contributed by atoms with Crippen LogP contribution in [0.15, 0.2) is 40.7 Å². The third kappa shape index (κ3) is 3.76. The summed E-state index contributed by atoms with van der Waals surface area (Å²) in [5.41, 5.74) is 2.33. The van der Waals surface area contributed by atoms with Crippen LogP contribution < -0.4 is 16.0 Å². The zero-order valence-corrected chi connectivity index (χ0v) is 12.5. The maximum absolute atomic E-state index is 12.2. The molecule has 108 valence electrons. The third-order valence-corrected chi connectivity index (χ3v) is 5.12. The SMILES string of the molecule is CC(Cc1cccs1)NS(=O)(=O)c1ccnc(NN)c1. The van der Waals surface area contributed by atoms with E-state index in [1.807, 2.05) is 24.4 Å². The second-order valence-corrected chi connectivity index (χ2v) is 7.07. The van der Waals surface area contributed by atoms with Crippen molar-refractivity contribution in [1.82, 2.24) is 9.71 Å². The molecule has 0 amide bonds. The van der Waals surface area contributed by atoms with Crippen molar-refractivity contribution < 1.29 is 8.42 Å². The van der Waals surface area contributed by atoms with Crippen LogP contribution in [0.4, 0.5) is 5.82 Å². The van der Waals surface area contributed by atoms with Crippen LogP contribution in [0.1, 0.15) is 11.8 Å². The maximum atomic E-state index is 12.2. The summed E-state index contributed by atoms with van der Waals surface area (Å²) in [7, 11) is -3.58. The normalized spacial score (nSPS) is 13.1. The molecule has 2 heterocycles. The van der Waals surface area contributed by atoms with E-state index in [0.717, 1.165) is 4.88 Å². The number of nitrogens with zero attached hydrogens (tertiary/aromatic N) is 1. The predicted molar refractivity (Wildman–Crippen MR) is 79.9 cm³/mol. The van der Waals surface area contributed by atoms with Crippen LogP contribution in [0.25, 0.3) is 0 Å². The number of anilines is 1. The fourth-order valence-electron chi connectivity index (χ4n) is 1.76. The summed E-state index contributed by atoms with van der Waals surface area (Å²) in [4.78, 5) is 5.16. The van der Waals surface area contributed by atoms with E-state index >= 15 is 0 Å². The lowest BCUT2D eigenvalue weighted by Gasteiger charge is -2.13. The molecule has 0 saturated carbocycles. The van der Waals surface area contributed by atoms with Gasteiger partial charge in [0.25, 0.3) is 0 Å². The first-order chi connectivity index (χ1) is 9.51. The predicted octanol–water partition coefficient (Wildman–Crippen LogP) is 1.34. The molecule has 1 atom stereocenters. The molecule has 2 aromatic heterocycles. The van der Waals surface area contributed by atoms with Crippen molar-refractivity contribution >= 4 is 27.2 Å². The van der Waals surface area contributed by atoms with Gasteiger partial charge in [-0.1, -0.05) is 6.07 Å². The Hall–Kier alpha value is -1.48. The fraction of sp³-hybridized carbons (Fsp3) is 0.250. The number of thiophene rings is 1. The standard InChI is InChI=1S/C12H16N4O2S2/c1-9(7-10-3-2-6-19-10)16-20(17,18)11-4-5-14-12(8-11)15-13/h2-6,8-9,16H,7,13H2,1H3,(H,14,15). The van der Waals surface area contributed by atoms with Crippen molar-refractivity contribution in [3.8, 4) is 0 Å². The Morgan fingerprint density at radius 1 is 1.45 bits per heavy atom. The fourth-order valence-corrected chi connectivity index (χ4v) is 3.85. The van der Waals surface area contributed by atoms with Crippen LogP contribution in [0.3, 0.4) is 0 Å².